The van der Waals surface area contributed by atoms with Gasteiger partial charge in [-0.3, -0.25) is 14.6 Å². The molecule has 2 rings (SSSR count). The van der Waals surface area contributed by atoms with Crippen LogP contribution in [0.3, 0.4) is 0 Å². The molecule has 0 radical (unpaired) electrons. The van der Waals surface area contributed by atoms with Crippen LogP contribution in [0.5, 0.6) is 0 Å². The van der Waals surface area contributed by atoms with Crippen molar-refractivity contribution in [1.29, 1.82) is 0 Å². The summed E-state index contributed by atoms with van der Waals surface area (Å²) in [5, 5.41) is 5.31. The van der Waals surface area contributed by atoms with E-state index in [1.807, 2.05) is 0 Å². The van der Waals surface area contributed by atoms with Crippen LogP contribution in [-0.4, -0.2) is 29.9 Å². The standard InChI is InChI=1S/C15H14FN3O2/c16-13-3-1-11(2-4-13)14(20)18-9-10-19-15(21)12-5-7-17-8-6-12/h1-8H,9-10H2,(H,18,20)(H,19,21). The number of nitrogens with zero attached hydrogens (tertiary/aromatic N) is 1. The summed E-state index contributed by atoms with van der Waals surface area (Å²) in [5.74, 6) is -0.933. The Kier molecular flexibility index (Phi) is 4.98. The van der Waals surface area contributed by atoms with Crippen molar-refractivity contribution in [2.75, 3.05) is 13.1 Å². The molecule has 0 aliphatic heterocycles. The van der Waals surface area contributed by atoms with Gasteiger partial charge < -0.3 is 10.6 Å². The topological polar surface area (TPSA) is 71.1 Å². The minimum absolute atomic E-state index is 0.228. The van der Waals surface area contributed by atoms with Crippen molar-refractivity contribution >= 4 is 11.8 Å². The molecule has 2 aromatic rings. The van der Waals surface area contributed by atoms with Gasteiger partial charge in [0.05, 0.1) is 0 Å². The van der Waals surface area contributed by atoms with E-state index in [1.165, 1.54) is 36.7 Å². The lowest BCUT2D eigenvalue weighted by Gasteiger charge is -2.07. The Balaban J connectivity index is 1.73. The number of hydrogen-bond donors (Lipinski definition) is 2. The Bertz CT molecular complexity index is 615. The van der Waals surface area contributed by atoms with E-state index in [9.17, 15) is 14.0 Å². The molecule has 0 saturated heterocycles. The largest absolute Gasteiger partial charge is 0.350 e. The van der Waals surface area contributed by atoms with E-state index in [0.717, 1.165) is 0 Å². The maximum absolute atomic E-state index is 12.7. The van der Waals surface area contributed by atoms with Crippen LogP contribution >= 0.6 is 0 Å². The molecular formula is C15H14FN3O2. The first kappa shape index (κ1) is 14.6. The number of amides is 2. The van der Waals surface area contributed by atoms with Crippen LogP contribution in [0.2, 0.25) is 0 Å². The smallest absolute Gasteiger partial charge is 0.251 e. The molecule has 108 valence electrons. The maximum atomic E-state index is 12.7. The molecule has 0 atom stereocenters. The van der Waals surface area contributed by atoms with Gasteiger partial charge in [0.15, 0.2) is 0 Å². The van der Waals surface area contributed by atoms with Gasteiger partial charge in [0.2, 0.25) is 0 Å². The zero-order valence-electron chi connectivity index (χ0n) is 11.2. The molecule has 0 fully saturated rings. The highest BCUT2D eigenvalue weighted by Crippen LogP contribution is 2.02. The van der Waals surface area contributed by atoms with Crippen molar-refractivity contribution in [3.8, 4) is 0 Å². The van der Waals surface area contributed by atoms with Crippen molar-refractivity contribution in [1.82, 2.24) is 15.6 Å². The molecule has 0 bridgehead atoms. The number of benzene rings is 1. The highest BCUT2D eigenvalue weighted by atomic mass is 19.1. The zero-order valence-corrected chi connectivity index (χ0v) is 11.2. The van der Waals surface area contributed by atoms with E-state index in [4.69, 9.17) is 0 Å². The lowest BCUT2D eigenvalue weighted by Crippen LogP contribution is -2.34. The molecule has 0 spiro atoms. The Labute approximate surface area is 121 Å². The highest BCUT2D eigenvalue weighted by Gasteiger charge is 2.06. The number of hydrogen-bond acceptors (Lipinski definition) is 3. The number of aromatic nitrogens is 1. The monoisotopic (exact) mass is 287 g/mol. The molecule has 0 unspecified atom stereocenters. The van der Waals surface area contributed by atoms with Crippen LogP contribution in [0.4, 0.5) is 4.39 Å². The number of halogens is 1. The summed E-state index contributed by atoms with van der Waals surface area (Å²) in [5.41, 5.74) is 0.881. The Hall–Kier alpha value is -2.76. The summed E-state index contributed by atoms with van der Waals surface area (Å²) in [6, 6.07) is 8.46. The summed E-state index contributed by atoms with van der Waals surface area (Å²) in [4.78, 5) is 27.2. The minimum Gasteiger partial charge on any atom is -0.350 e. The van der Waals surface area contributed by atoms with Crippen LogP contribution < -0.4 is 10.6 Å². The SMILES string of the molecule is O=C(NCCNC(=O)c1ccc(F)cc1)c1ccncc1. The van der Waals surface area contributed by atoms with Crippen LogP contribution in [0, 0.1) is 5.82 Å². The zero-order chi connectivity index (χ0) is 15.1. The first-order valence-electron chi connectivity index (χ1n) is 6.39. The summed E-state index contributed by atoms with van der Waals surface area (Å²) < 4.78 is 12.7. The Morgan fingerprint density at radius 2 is 1.33 bits per heavy atom. The second kappa shape index (κ2) is 7.14. The molecule has 6 heteroatoms. The summed E-state index contributed by atoms with van der Waals surface area (Å²) in [7, 11) is 0. The lowest BCUT2D eigenvalue weighted by molar-refractivity contribution is 0.0927. The first-order valence-corrected chi connectivity index (χ1v) is 6.39. The normalized spacial score (nSPS) is 9.95. The molecule has 0 aliphatic carbocycles. The van der Waals surface area contributed by atoms with Gasteiger partial charge in [-0.2, -0.15) is 0 Å². The van der Waals surface area contributed by atoms with Crippen LogP contribution in [0.15, 0.2) is 48.8 Å². The molecule has 1 heterocycles. The minimum atomic E-state index is -0.392. The lowest BCUT2D eigenvalue weighted by atomic mass is 10.2. The van der Waals surface area contributed by atoms with Gasteiger partial charge in [0, 0.05) is 36.6 Å². The van der Waals surface area contributed by atoms with Gasteiger partial charge >= 0.3 is 0 Å². The molecule has 2 N–H and O–H groups in total. The summed E-state index contributed by atoms with van der Waals surface area (Å²) in [6.07, 6.45) is 3.07. The third-order valence-corrected chi connectivity index (χ3v) is 2.75. The third-order valence-electron chi connectivity index (χ3n) is 2.75. The van der Waals surface area contributed by atoms with E-state index in [-0.39, 0.29) is 18.4 Å². The van der Waals surface area contributed by atoms with Crippen molar-refractivity contribution < 1.29 is 14.0 Å². The highest BCUT2D eigenvalue weighted by molar-refractivity contribution is 5.95. The number of nitrogens with one attached hydrogen (secondary N) is 2. The number of carbonyl (C=O) groups is 2. The van der Waals surface area contributed by atoms with Gasteiger partial charge in [-0.05, 0) is 36.4 Å². The van der Waals surface area contributed by atoms with Crippen LogP contribution in [-0.2, 0) is 0 Å². The predicted octanol–water partition coefficient (Wildman–Crippen LogP) is 1.38. The molecule has 1 aromatic heterocycles. The predicted molar refractivity (Wildman–Crippen MR) is 75.3 cm³/mol. The van der Waals surface area contributed by atoms with Gasteiger partial charge in [-0.1, -0.05) is 0 Å². The van der Waals surface area contributed by atoms with Crippen molar-refractivity contribution in [2.24, 2.45) is 0 Å². The first-order chi connectivity index (χ1) is 10.2. The molecule has 0 aliphatic rings. The van der Waals surface area contributed by atoms with Crippen LogP contribution in [0.1, 0.15) is 20.7 Å². The average molecular weight is 287 g/mol. The van der Waals surface area contributed by atoms with Crippen molar-refractivity contribution in [3.05, 3.63) is 65.7 Å². The number of rotatable bonds is 5. The van der Waals surface area contributed by atoms with Gasteiger partial charge in [0.25, 0.3) is 11.8 Å². The van der Waals surface area contributed by atoms with Crippen LogP contribution in [0.25, 0.3) is 0 Å². The molecule has 0 saturated carbocycles. The van der Waals surface area contributed by atoms with Gasteiger partial charge in [0.1, 0.15) is 5.82 Å². The van der Waals surface area contributed by atoms with Crippen molar-refractivity contribution in [3.63, 3.8) is 0 Å². The summed E-state index contributed by atoms with van der Waals surface area (Å²) >= 11 is 0. The van der Waals surface area contributed by atoms with Crippen molar-refractivity contribution in [2.45, 2.75) is 0 Å². The fraction of sp³-hybridized carbons (Fsp3) is 0.133. The van der Waals surface area contributed by atoms with E-state index in [0.29, 0.717) is 17.7 Å². The van der Waals surface area contributed by atoms with Gasteiger partial charge in [-0.15, -0.1) is 0 Å². The van der Waals surface area contributed by atoms with E-state index in [1.54, 1.807) is 12.1 Å². The fourth-order valence-corrected chi connectivity index (χ4v) is 1.66. The maximum Gasteiger partial charge on any atom is 0.251 e. The molecule has 5 nitrogen and oxygen atoms in total. The second-order valence-electron chi connectivity index (χ2n) is 4.25. The van der Waals surface area contributed by atoms with Gasteiger partial charge in [-0.25, -0.2) is 4.39 Å². The second-order valence-corrected chi connectivity index (χ2v) is 4.25. The Morgan fingerprint density at radius 3 is 1.86 bits per heavy atom. The number of pyridine rings is 1. The van der Waals surface area contributed by atoms with E-state index >= 15 is 0 Å². The molecule has 21 heavy (non-hydrogen) atoms. The molecule has 1 aromatic carbocycles. The fourth-order valence-electron chi connectivity index (χ4n) is 1.66. The third kappa shape index (κ3) is 4.38. The molecule has 2 amide bonds. The quantitative estimate of drug-likeness (QED) is 0.816. The van der Waals surface area contributed by atoms with E-state index in [2.05, 4.69) is 15.6 Å². The molecular weight excluding hydrogens is 273 g/mol. The van der Waals surface area contributed by atoms with E-state index < -0.39 is 5.82 Å². The summed E-state index contributed by atoms with van der Waals surface area (Å²) in [6.45, 7) is 0.584. The average Bonchev–Trinajstić information content (AvgIpc) is 2.52. The number of carbonyl (C=O) groups excluding carboxylic acids is 2. The Morgan fingerprint density at radius 1 is 0.857 bits per heavy atom.